The van der Waals surface area contributed by atoms with E-state index in [-0.39, 0.29) is 34.6 Å². The van der Waals surface area contributed by atoms with E-state index in [0.717, 1.165) is 21.3 Å². The SMILES string of the molecule is COc1ccc(Cl)c(-c2cc(OC)c3c(=O)n(Cc4ncn(C)n4)c(=O)n(Cc4cc(F)c(F)c(F)c4)c3c2)c1. The molecular weight excluding hydrogens is 551 g/mol. The van der Waals surface area contributed by atoms with Gasteiger partial charge in [0.2, 0.25) is 0 Å². The smallest absolute Gasteiger partial charge is 0.332 e. The number of nitrogens with zero attached hydrogens (tertiary/aromatic N) is 5. The van der Waals surface area contributed by atoms with Gasteiger partial charge in [0, 0.05) is 17.6 Å². The highest BCUT2D eigenvalue weighted by Crippen LogP contribution is 2.36. The molecule has 2 aromatic heterocycles. The van der Waals surface area contributed by atoms with Gasteiger partial charge in [-0.3, -0.25) is 18.6 Å². The Bertz CT molecular complexity index is 1880. The largest absolute Gasteiger partial charge is 0.497 e. The van der Waals surface area contributed by atoms with Crippen LogP contribution in [0.15, 0.2) is 58.4 Å². The van der Waals surface area contributed by atoms with Crippen molar-refractivity contribution in [3.63, 3.8) is 0 Å². The van der Waals surface area contributed by atoms with Crippen molar-refractivity contribution in [2.45, 2.75) is 13.1 Å². The van der Waals surface area contributed by atoms with Crippen LogP contribution in [0.5, 0.6) is 11.5 Å². The lowest BCUT2D eigenvalue weighted by molar-refractivity contribution is 0.415. The summed E-state index contributed by atoms with van der Waals surface area (Å²) in [5.41, 5.74) is -0.475. The van der Waals surface area contributed by atoms with Crippen LogP contribution in [0.2, 0.25) is 5.02 Å². The summed E-state index contributed by atoms with van der Waals surface area (Å²) in [6, 6.07) is 9.66. The number of benzene rings is 3. The molecule has 0 N–H and O–H groups in total. The average molecular weight is 572 g/mol. The van der Waals surface area contributed by atoms with E-state index in [4.69, 9.17) is 21.1 Å². The Balaban J connectivity index is 1.83. The Morgan fingerprint density at radius 1 is 0.925 bits per heavy atom. The lowest BCUT2D eigenvalue weighted by atomic mass is 10.0. The summed E-state index contributed by atoms with van der Waals surface area (Å²) >= 11 is 6.47. The zero-order valence-corrected chi connectivity index (χ0v) is 22.2. The van der Waals surface area contributed by atoms with Crippen molar-refractivity contribution in [2.75, 3.05) is 14.2 Å². The summed E-state index contributed by atoms with van der Waals surface area (Å²) in [4.78, 5) is 31.6. The number of hydrogen-bond donors (Lipinski definition) is 0. The first-order chi connectivity index (χ1) is 19.1. The monoisotopic (exact) mass is 571 g/mol. The van der Waals surface area contributed by atoms with Crippen molar-refractivity contribution < 1.29 is 22.6 Å². The molecule has 0 spiro atoms. The minimum absolute atomic E-state index is 0.0175. The molecule has 0 aliphatic rings. The lowest BCUT2D eigenvalue weighted by Crippen LogP contribution is -2.41. The second-order valence-corrected chi connectivity index (χ2v) is 9.29. The fourth-order valence-corrected chi connectivity index (χ4v) is 4.67. The van der Waals surface area contributed by atoms with Crippen molar-refractivity contribution in [2.24, 2.45) is 7.05 Å². The summed E-state index contributed by atoms with van der Waals surface area (Å²) in [7, 11) is 4.48. The second-order valence-electron chi connectivity index (χ2n) is 8.89. The first-order valence-electron chi connectivity index (χ1n) is 11.8. The van der Waals surface area contributed by atoms with Crippen LogP contribution in [0, 0.1) is 17.5 Å². The number of aryl methyl sites for hydroxylation is 1. The van der Waals surface area contributed by atoms with Gasteiger partial charge in [-0.2, -0.15) is 5.10 Å². The first kappa shape index (κ1) is 27.0. The summed E-state index contributed by atoms with van der Waals surface area (Å²) in [6.07, 6.45) is 1.41. The highest BCUT2D eigenvalue weighted by Gasteiger charge is 2.21. The van der Waals surface area contributed by atoms with Crippen LogP contribution in [0.3, 0.4) is 0 Å². The van der Waals surface area contributed by atoms with E-state index >= 15 is 0 Å². The molecule has 0 saturated heterocycles. The first-order valence-corrected chi connectivity index (χ1v) is 12.2. The number of aromatic nitrogens is 5. The predicted molar refractivity (Wildman–Crippen MR) is 142 cm³/mol. The maximum Gasteiger partial charge on any atom is 0.332 e. The standard InChI is InChI=1S/C27H21ClF3N5O4/c1-34-13-32-23(33-34)12-36-26(37)24-21(35(27(36)38)11-14-6-19(29)25(31)20(30)7-14)8-15(9-22(24)40-3)17-10-16(39-2)4-5-18(17)28/h4-10,13H,11-12H2,1-3H3. The van der Waals surface area contributed by atoms with Gasteiger partial charge >= 0.3 is 5.69 Å². The van der Waals surface area contributed by atoms with Gasteiger partial charge in [-0.05, 0) is 53.6 Å². The van der Waals surface area contributed by atoms with Gasteiger partial charge in [-0.15, -0.1) is 0 Å². The van der Waals surface area contributed by atoms with Gasteiger partial charge in [0.05, 0.1) is 32.8 Å². The van der Waals surface area contributed by atoms with E-state index in [1.165, 1.54) is 25.2 Å². The van der Waals surface area contributed by atoms with Gasteiger partial charge < -0.3 is 9.47 Å². The number of ether oxygens (including phenoxy) is 2. The molecule has 5 aromatic rings. The zero-order chi connectivity index (χ0) is 28.7. The van der Waals surface area contributed by atoms with Gasteiger partial charge in [0.15, 0.2) is 23.3 Å². The van der Waals surface area contributed by atoms with Crippen molar-refractivity contribution in [1.29, 1.82) is 0 Å². The number of halogens is 4. The third-order valence-corrected chi connectivity index (χ3v) is 6.66. The Hall–Kier alpha value is -4.58. The fourth-order valence-electron chi connectivity index (χ4n) is 4.44. The van der Waals surface area contributed by atoms with Crippen LogP contribution < -0.4 is 20.7 Å². The topological polar surface area (TPSA) is 93.2 Å². The minimum Gasteiger partial charge on any atom is -0.497 e. The van der Waals surface area contributed by atoms with Crippen LogP contribution in [0.4, 0.5) is 13.2 Å². The van der Waals surface area contributed by atoms with Crippen molar-refractivity contribution in [1.82, 2.24) is 23.9 Å². The molecule has 206 valence electrons. The molecular formula is C27H21ClF3N5O4. The molecule has 2 heterocycles. The second kappa shape index (κ2) is 10.5. The van der Waals surface area contributed by atoms with Crippen molar-refractivity contribution in [3.05, 3.63) is 103 Å². The summed E-state index contributed by atoms with van der Waals surface area (Å²) in [6.45, 7) is -0.689. The lowest BCUT2D eigenvalue weighted by Gasteiger charge is -2.17. The number of hydrogen-bond acceptors (Lipinski definition) is 6. The third-order valence-electron chi connectivity index (χ3n) is 6.33. The zero-order valence-electron chi connectivity index (χ0n) is 21.4. The molecule has 0 saturated carbocycles. The van der Waals surface area contributed by atoms with E-state index in [1.54, 1.807) is 37.4 Å². The number of rotatable bonds is 7. The average Bonchev–Trinajstić information content (AvgIpc) is 3.35. The number of methoxy groups -OCH3 is 2. The number of fused-ring (bicyclic) bond motifs is 1. The molecule has 0 amide bonds. The molecule has 0 radical (unpaired) electrons. The Morgan fingerprint density at radius 2 is 1.65 bits per heavy atom. The Kier molecular flexibility index (Phi) is 7.11. The normalized spacial score (nSPS) is 11.3. The highest BCUT2D eigenvalue weighted by molar-refractivity contribution is 6.33. The fraction of sp³-hybridized carbons (Fsp3) is 0.185. The van der Waals surface area contributed by atoms with E-state index in [9.17, 15) is 22.8 Å². The quantitative estimate of drug-likeness (QED) is 0.273. The molecule has 9 nitrogen and oxygen atoms in total. The van der Waals surface area contributed by atoms with Gasteiger partial charge in [0.25, 0.3) is 5.56 Å². The molecule has 13 heteroatoms. The highest BCUT2D eigenvalue weighted by atomic mass is 35.5. The van der Waals surface area contributed by atoms with Crippen LogP contribution in [-0.2, 0) is 20.1 Å². The summed E-state index contributed by atoms with van der Waals surface area (Å²) < 4.78 is 56.2. The van der Waals surface area contributed by atoms with E-state index in [0.29, 0.717) is 21.9 Å². The molecule has 0 unspecified atom stereocenters. The van der Waals surface area contributed by atoms with Crippen LogP contribution in [0.25, 0.3) is 22.0 Å². The van der Waals surface area contributed by atoms with Crippen LogP contribution >= 0.6 is 11.6 Å². The summed E-state index contributed by atoms with van der Waals surface area (Å²) in [5, 5.41) is 4.51. The molecule has 0 aliphatic carbocycles. The van der Waals surface area contributed by atoms with Gasteiger partial charge in [0.1, 0.15) is 23.2 Å². The van der Waals surface area contributed by atoms with E-state index < -0.39 is 35.2 Å². The maximum absolute atomic E-state index is 14.1. The van der Waals surface area contributed by atoms with Crippen LogP contribution in [0.1, 0.15) is 11.4 Å². The molecule has 3 aromatic carbocycles. The minimum atomic E-state index is -1.64. The van der Waals surface area contributed by atoms with Gasteiger partial charge in [-0.25, -0.2) is 22.9 Å². The molecule has 0 aliphatic heterocycles. The Morgan fingerprint density at radius 3 is 2.27 bits per heavy atom. The molecule has 40 heavy (non-hydrogen) atoms. The third kappa shape index (κ3) is 4.81. The molecule has 0 atom stereocenters. The van der Waals surface area contributed by atoms with Crippen LogP contribution in [-0.4, -0.2) is 38.1 Å². The van der Waals surface area contributed by atoms with Crippen molar-refractivity contribution >= 4 is 22.5 Å². The molecule has 0 fully saturated rings. The molecule has 0 bridgehead atoms. The van der Waals surface area contributed by atoms with E-state index in [2.05, 4.69) is 10.1 Å². The molecule has 5 rings (SSSR count). The van der Waals surface area contributed by atoms with E-state index in [1.807, 2.05) is 0 Å². The summed E-state index contributed by atoms with van der Waals surface area (Å²) in [5.74, 6) is -3.66. The van der Waals surface area contributed by atoms with Gasteiger partial charge in [-0.1, -0.05) is 11.6 Å². The van der Waals surface area contributed by atoms with Crippen molar-refractivity contribution in [3.8, 4) is 22.6 Å². The Labute approximate surface area is 229 Å². The predicted octanol–water partition coefficient (Wildman–Crippen LogP) is 4.14. The maximum atomic E-state index is 14.1.